The second-order valence-electron chi connectivity index (χ2n) is 4.54. The molecule has 0 spiro atoms. The number of rotatable bonds is 8. The van der Waals surface area contributed by atoms with Gasteiger partial charge in [0, 0.05) is 5.92 Å². The summed E-state index contributed by atoms with van der Waals surface area (Å²) in [5, 5.41) is 0. The van der Waals surface area contributed by atoms with Gasteiger partial charge in [-0.2, -0.15) is 0 Å². The van der Waals surface area contributed by atoms with Crippen molar-refractivity contribution in [1.82, 2.24) is 0 Å². The minimum Gasteiger partial charge on any atom is -0.0731 e. The van der Waals surface area contributed by atoms with Crippen LogP contribution in [0.15, 0.2) is 23.8 Å². The van der Waals surface area contributed by atoms with Gasteiger partial charge in [0.25, 0.3) is 0 Å². The molecule has 0 aromatic carbocycles. The molecule has 0 bridgehead atoms. The molecule has 0 saturated heterocycles. The molecule has 0 unspecified atom stereocenters. The molecule has 85 valence electrons. The zero-order chi connectivity index (χ0) is 10.9. The third-order valence-corrected chi connectivity index (χ3v) is 3.02. The molecule has 0 saturated carbocycles. The molecule has 0 N–H and O–H groups in total. The quantitative estimate of drug-likeness (QED) is 0.477. The Hall–Kier alpha value is -0.520. The SMILES string of the molecule is CCCCC[C]1C=CC(CCCCC)=C1. The lowest BCUT2D eigenvalue weighted by atomic mass is 10.0. The maximum absolute atomic E-state index is 2.41. The standard InChI is InChI=1S/C15H25/c1-3-5-7-9-14-11-12-15(13-14)10-8-6-4-2/h11-13H,3-10H2,1-2H3. The summed E-state index contributed by atoms with van der Waals surface area (Å²) in [6.07, 6.45) is 17.7. The Morgan fingerprint density at radius 3 is 2.13 bits per heavy atom. The Morgan fingerprint density at radius 2 is 1.47 bits per heavy atom. The van der Waals surface area contributed by atoms with Crippen molar-refractivity contribution in [1.29, 1.82) is 0 Å². The van der Waals surface area contributed by atoms with E-state index in [1.807, 2.05) is 0 Å². The van der Waals surface area contributed by atoms with Crippen LogP contribution in [-0.2, 0) is 0 Å². The zero-order valence-corrected chi connectivity index (χ0v) is 10.4. The van der Waals surface area contributed by atoms with Gasteiger partial charge in [0.05, 0.1) is 0 Å². The molecule has 1 rings (SSSR count). The van der Waals surface area contributed by atoms with E-state index in [9.17, 15) is 0 Å². The van der Waals surface area contributed by atoms with Gasteiger partial charge in [-0.15, -0.1) is 0 Å². The highest BCUT2D eigenvalue weighted by Gasteiger charge is 2.09. The summed E-state index contributed by atoms with van der Waals surface area (Å²) in [7, 11) is 0. The molecule has 1 radical (unpaired) electrons. The second-order valence-corrected chi connectivity index (χ2v) is 4.54. The van der Waals surface area contributed by atoms with Crippen LogP contribution in [0.2, 0.25) is 0 Å². The van der Waals surface area contributed by atoms with Crippen molar-refractivity contribution in [2.24, 2.45) is 0 Å². The summed E-state index contributed by atoms with van der Waals surface area (Å²) < 4.78 is 0. The van der Waals surface area contributed by atoms with E-state index in [1.165, 1.54) is 51.4 Å². The topological polar surface area (TPSA) is 0 Å². The average Bonchev–Trinajstić information content (AvgIpc) is 2.67. The number of hydrogen-bond donors (Lipinski definition) is 0. The first-order valence-corrected chi connectivity index (χ1v) is 6.61. The molecule has 0 aromatic rings. The van der Waals surface area contributed by atoms with Crippen LogP contribution in [0, 0.1) is 5.92 Å². The maximum atomic E-state index is 2.41. The molecular formula is C15H25. The predicted octanol–water partition coefficient (Wildman–Crippen LogP) is 5.22. The second kappa shape index (κ2) is 7.73. The van der Waals surface area contributed by atoms with Gasteiger partial charge in [-0.25, -0.2) is 0 Å². The molecule has 15 heavy (non-hydrogen) atoms. The van der Waals surface area contributed by atoms with Crippen LogP contribution in [-0.4, -0.2) is 0 Å². The molecule has 0 heterocycles. The van der Waals surface area contributed by atoms with E-state index in [2.05, 4.69) is 32.1 Å². The van der Waals surface area contributed by atoms with E-state index >= 15 is 0 Å². The molecular weight excluding hydrogens is 180 g/mol. The van der Waals surface area contributed by atoms with Crippen molar-refractivity contribution in [2.75, 3.05) is 0 Å². The van der Waals surface area contributed by atoms with Gasteiger partial charge in [0.1, 0.15) is 0 Å². The molecule has 0 atom stereocenters. The zero-order valence-electron chi connectivity index (χ0n) is 10.4. The van der Waals surface area contributed by atoms with Crippen molar-refractivity contribution in [3.05, 3.63) is 29.7 Å². The fraction of sp³-hybridized carbons (Fsp3) is 0.667. The van der Waals surface area contributed by atoms with Gasteiger partial charge in [-0.05, 0) is 19.3 Å². The normalized spacial score (nSPS) is 16.0. The van der Waals surface area contributed by atoms with Gasteiger partial charge in [-0.3, -0.25) is 0 Å². The highest BCUT2D eigenvalue weighted by molar-refractivity contribution is 5.40. The first-order chi connectivity index (χ1) is 7.36. The lowest BCUT2D eigenvalue weighted by Crippen LogP contribution is -1.86. The molecule has 0 heteroatoms. The van der Waals surface area contributed by atoms with Crippen LogP contribution in [0.4, 0.5) is 0 Å². The van der Waals surface area contributed by atoms with Gasteiger partial charge in [0.2, 0.25) is 0 Å². The summed E-state index contributed by atoms with van der Waals surface area (Å²) in [6.45, 7) is 4.53. The predicted molar refractivity (Wildman–Crippen MR) is 68.8 cm³/mol. The first kappa shape index (κ1) is 12.5. The van der Waals surface area contributed by atoms with Crippen molar-refractivity contribution in [2.45, 2.75) is 65.2 Å². The molecule has 0 fully saturated rings. The van der Waals surface area contributed by atoms with Crippen molar-refractivity contribution >= 4 is 0 Å². The summed E-state index contributed by atoms with van der Waals surface area (Å²) >= 11 is 0. The van der Waals surface area contributed by atoms with Crippen LogP contribution in [0.5, 0.6) is 0 Å². The Labute approximate surface area is 95.5 Å². The van der Waals surface area contributed by atoms with Gasteiger partial charge in [-0.1, -0.05) is 69.8 Å². The van der Waals surface area contributed by atoms with Gasteiger partial charge < -0.3 is 0 Å². The highest BCUT2D eigenvalue weighted by Crippen LogP contribution is 2.26. The van der Waals surface area contributed by atoms with Crippen LogP contribution in [0.25, 0.3) is 0 Å². The number of allylic oxidation sites excluding steroid dienone is 4. The Kier molecular flexibility index (Phi) is 6.47. The molecule has 1 aliphatic carbocycles. The number of hydrogen-bond acceptors (Lipinski definition) is 0. The Balaban J connectivity index is 2.14. The van der Waals surface area contributed by atoms with Crippen LogP contribution in [0.3, 0.4) is 0 Å². The largest absolute Gasteiger partial charge is 0.0731 e. The van der Waals surface area contributed by atoms with Crippen molar-refractivity contribution in [3.63, 3.8) is 0 Å². The molecule has 0 nitrogen and oxygen atoms in total. The molecule has 0 amide bonds. The molecule has 0 aliphatic heterocycles. The lowest BCUT2D eigenvalue weighted by molar-refractivity contribution is 0.700. The van der Waals surface area contributed by atoms with Crippen LogP contribution >= 0.6 is 0 Å². The lowest BCUT2D eigenvalue weighted by Gasteiger charge is -2.03. The van der Waals surface area contributed by atoms with Crippen molar-refractivity contribution in [3.8, 4) is 0 Å². The maximum Gasteiger partial charge on any atom is 0.0196 e. The van der Waals surface area contributed by atoms with E-state index < -0.39 is 0 Å². The summed E-state index contributed by atoms with van der Waals surface area (Å²) in [5.41, 5.74) is 1.55. The Morgan fingerprint density at radius 1 is 0.800 bits per heavy atom. The van der Waals surface area contributed by atoms with E-state index in [0.717, 1.165) is 0 Å². The smallest absolute Gasteiger partial charge is 0.0196 e. The third kappa shape index (κ3) is 5.20. The summed E-state index contributed by atoms with van der Waals surface area (Å²) in [5.74, 6) is 1.55. The monoisotopic (exact) mass is 205 g/mol. The van der Waals surface area contributed by atoms with E-state index in [4.69, 9.17) is 0 Å². The fourth-order valence-corrected chi connectivity index (χ4v) is 2.02. The minimum atomic E-state index is 1.28. The fourth-order valence-electron chi connectivity index (χ4n) is 2.02. The summed E-state index contributed by atoms with van der Waals surface area (Å²) in [6, 6.07) is 0. The van der Waals surface area contributed by atoms with Crippen LogP contribution < -0.4 is 0 Å². The third-order valence-electron chi connectivity index (χ3n) is 3.02. The number of unbranched alkanes of at least 4 members (excludes halogenated alkanes) is 4. The van der Waals surface area contributed by atoms with Gasteiger partial charge in [0.15, 0.2) is 0 Å². The highest BCUT2D eigenvalue weighted by atomic mass is 14.1. The molecule has 1 aliphatic rings. The van der Waals surface area contributed by atoms with Crippen LogP contribution in [0.1, 0.15) is 65.2 Å². The van der Waals surface area contributed by atoms with Crippen molar-refractivity contribution < 1.29 is 0 Å². The Bertz CT molecular complexity index is 210. The van der Waals surface area contributed by atoms with E-state index in [1.54, 1.807) is 11.5 Å². The van der Waals surface area contributed by atoms with E-state index in [-0.39, 0.29) is 0 Å². The first-order valence-electron chi connectivity index (χ1n) is 6.61. The van der Waals surface area contributed by atoms with E-state index in [0.29, 0.717) is 0 Å². The summed E-state index contributed by atoms with van der Waals surface area (Å²) in [4.78, 5) is 0. The average molecular weight is 205 g/mol. The molecule has 0 aromatic heterocycles. The van der Waals surface area contributed by atoms with Gasteiger partial charge >= 0.3 is 0 Å². The minimum absolute atomic E-state index is 1.28.